The van der Waals surface area contributed by atoms with Crippen LogP contribution in [0.4, 0.5) is 5.69 Å². The number of nitrogens with zero attached hydrogens (tertiary/aromatic N) is 2. The molecule has 0 saturated heterocycles. The third kappa shape index (κ3) is 4.64. The summed E-state index contributed by atoms with van der Waals surface area (Å²) < 4.78 is 5.51. The van der Waals surface area contributed by atoms with E-state index in [4.69, 9.17) is 4.74 Å². The van der Waals surface area contributed by atoms with Crippen LogP contribution in [0.3, 0.4) is 0 Å². The Labute approximate surface area is 139 Å². The third-order valence-electron chi connectivity index (χ3n) is 3.26. The molecule has 0 radical (unpaired) electrons. The minimum absolute atomic E-state index is 0.00168. The monoisotopic (exact) mass is 327 g/mol. The van der Waals surface area contributed by atoms with E-state index >= 15 is 0 Å². The maximum atomic E-state index is 11.7. The van der Waals surface area contributed by atoms with Crippen molar-refractivity contribution in [3.05, 3.63) is 69.3 Å². The first kappa shape index (κ1) is 17.1. The standard InChI is InChI=1S/C17H17N3O4/c1-12-4-3-5-13(2)17(12)24-11-16(21)19-18-10-14-6-8-15(9-7-14)20(22)23/h3-10H,11H2,1-2H3,(H,19,21)/b18-10+. The van der Waals surface area contributed by atoms with Gasteiger partial charge in [0.1, 0.15) is 5.75 Å². The molecule has 2 rings (SSSR count). The molecule has 0 saturated carbocycles. The molecule has 2 aromatic rings. The average Bonchev–Trinajstić information content (AvgIpc) is 2.55. The highest BCUT2D eigenvalue weighted by Gasteiger charge is 2.06. The van der Waals surface area contributed by atoms with Crippen molar-refractivity contribution < 1.29 is 14.5 Å². The number of non-ortho nitro benzene ring substituents is 1. The topological polar surface area (TPSA) is 93.8 Å². The molecule has 0 unspecified atom stereocenters. The number of hydrogen-bond donors (Lipinski definition) is 1. The Kier molecular flexibility index (Phi) is 5.62. The number of nitrogens with one attached hydrogen (secondary N) is 1. The van der Waals surface area contributed by atoms with Crippen LogP contribution >= 0.6 is 0 Å². The number of carbonyl (C=O) groups excluding carboxylic acids is 1. The van der Waals surface area contributed by atoms with E-state index in [-0.39, 0.29) is 12.3 Å². The zero-order chi connectivity index (χ0) is 17.5. The highest BCUT2D eigenvalue weighted by molar-refractivity contribution is 5.83. The molecule has 0 atom stereocenters. The fourth-order valence-corrected chi connectivity index (χ4v) is 2.06. The van der Waals surface area contributed by atoms with Gasteiger partial charge < -0.3 is 4.74 Å². The minimum atomic E-state index is -0.479. The molecule has 0 bridgehead atoms. The number of nitro groups is 1. The van der Waals surface area contributed by atoms with E-state index in [0.717, 1.165) is 11.1 Å². The van der Waals surface area contributed by atoms with E-state index in [1.807, 2.05) is 32.0 Å². The van der Waals surface area contributed by atoms with Crippen LogP contribution in [-0.2, 0) is 4.79 Å². The van der Waals surface area contributed by atoms with Crippen molar-refractivity contribution in [1.29, 1.82) is 0 Å². The summed E-state index contributed by atoms with van der Waals surface area (Å²) in [6.07, 6.45) is 1.40. The fourth-order valence-electron chi connectivity index (χ4n) is 2.06. The molecule has 24 heavy (non-hydrogen) atoms. The second kappa shape index (κ2) is 7.87. The van der Waals surface area contributed by atoms with Crippen LogP contribution in [0.5, 0.6) is 5.75 Å². The normalized spacial score (nSPS) is 10.6. The summed E-state index contributed by atoms with van der Waals surface area (Å²) in [5, 5.41) is 14.4. The first-order valence-electron chi connectivity index (χ1n) is 7.23. The lowest BCUT2D eigenvalue weighted by Crippen LogP contribution is -2.25. The number of hydrogen-bond acceptors (Lipinski definition) is 5. The highest BCUT2D eigenvalue weighted by atomic mass is 16.6. The summed E-state index contributed by atoms with van der Waals surface area (Å²) in [4.78, 5) is 21.8. The highest BCUT2D eigenvalue weighted by Crippen LogP contribution is 2.21. The molecule has 0 aliphatic rings. The molecular formula is C17H17N3O4. The minimum Gasteiger partial charge on any atom is -0.483 e. The van der Waals surface area contributed by atoms with Crippen molar-refractivity contribution in [2.24, 2.45) is 5.10 Å². The van der Waals surface area contributed by atoms with Crippen LogP contribution < -0.4 is 10.2 Å². The van der Waals surface area contributed by atoms with E-state index in [9.17, 15) is 14.9 Å². The Balaban J connectivity index is 1.85. The van der Waals surface area contributed by atoms with E-state index in [2.05, 4.69) is 10.5 Å². The quantitative estimate of drug-likeness (QED) is 0.501. The molecule has 124 valence electrons. The molecule has 7 heteroatoms. The molecule has 1 amide bonds. The van der Waals surface area contributed by atoms with Crippen LogP contribution in [0.15, 0.2) is 47.6 Å². The van der Waals surface area contributed by atoms with Gasteiger partial charge in [-0.3, -0.25) is 14.9 Å². The molecule has 0 aromatic heterocycles. The fraction of sp³-hybridized carbons (Fsp3) is 0.176. The summed E-state index contributed by atoms with van der Waals surface area (Å²) in [6.45, 7) is 3.67. The van der Waals surface area contributed by atoms with Gasteiger partial charge in [0, 0.05) is 12.1 Å². The number of aryl methyl sites for hydroxylation is 2. The van der Waals surface area contributed by atoms with E-state index in [1.165, 1.54) is 18.3 Å². The maximum absolute atomic E-state index is 11.7. The molecule has 0 spiro atoms. The van der Waals surface area contributed by atoms with Crippen LogP contribution in [0.1, 0.15) is 16.7 Å². The van der Waals surface area contributed by atoms with E-state index in [1.54, 1.807) is 12.1 Å². The zero-order valence-corrected chi connectivity index (χ0v) is 13.4. The predicted octanol–water partition coefficient (Wildman–Crippen LogP) is 2.74. The van der Waals surface area contributed by atoms with Crippen molar-refractivity contribution in [1.82, 2.24) is 5.43 Å². The van der Waals surface area contributed by atoms with Gasteiger partial charge in [0.15, 0.2) is 6.61 Å². The van der Waals surface area contributed by atoms with Gasteiger partial charge in [0.25, 0.3) is 11.6 Å². The Morgan fingerprint density at radius 2 is 1.83 bits per heavy atom. The van der Waals surface area contributed by atoms with Crippen molar-refractivity contribution in [3.8, 4) is 5.75 Å². The number of carbonyl (C=O) groups is 1. The number of benzene rings is 2. The smallest absolute Gasteiger partial charge is 0.277 e. The molecule has 2 aromatic carbocycles. The average molecular weight is 327 g/mol. The summed E-state index contributed by atoms with van der Waals surface area (Å²) in [5.41, 5.74) is 4.89. The van der Waals surface area contributed by atoms with E-state index < -0.39 is 10.8 Å². The molecule has 0 fully saturated rings. The predicted molar refractivity (Wildman–Crippen MR) is 90.2 cm³/mol. The molecule has 7 nitrogen and oxygen atoms in total. The maximum Gasteiger partial charge on any atom is 0.277 e. The number of rotatable bonds is 6. The lowest BCUT2D eigenvalue weighted by Gasteiger charge is -2.10. The molecule has 0 aliphatic carbocycles. The van der Waals surface area contributed by atoms with Gasteiger partial charge in [-0.1, -0.05) is 18.2 Å². The summed E-state index contributed by atoms with van der Waals surface area (Å²) in [7, 11) is 0. The van der Waals surface area contributed by atoms with Crippen LogP contribution in [0, 0.1) is 24.0 Å². The first-order chi connectivity index (χ1) is 11.5. The number of nitro benzene ring substituents is 1. The Hall–Kier alpha value is -3.22. The SMILES string of the molecule is Cc1cccc(C)c1OCC(=O)N/N=C/c1ccc([N+](=O)[O-])cc1. The van der Waals surface area contributed by atoms with Gasteiger partial charge in [-0.15, -0.1) is 0 Å². The summed E-state index contributed by atoms with van der Waals surface area (Å²) in [6, 6.07) is 11.6. The Bertz CT molecular complexity index is 750. The number of ether oxygens (including phenoxy) is 1. The van der Waals surface area contributed by atoms with Gasteiger partial charge in [-0.25, -0.2) is 5.43 Å². The number of para-hydroxylation sites is 1. The van der Waals surface area contributed by atoms with Gasteiger partial charge in [-0.2, -0.15) is 5.10 Å². The third-order valence-corrected chi connectivity index (χ3v) is 3.26. The molecule has 0 aliphatic heterocycles. The van der Waals surface area contributed by atoms with Gasteiger partial charge in [0.05, 0.1) is 11.1 Å². The van der Waals surface area contributed by atoms with Crippen molar-refractivity contribution in [2.45, 2.75) is 13.8 Å². The Morgan fingerprint density at radius 3 is 2.42 bits per heavy atom. The molecule has 0 heterocycles. The van der Waals surface area contributed by atoms with Crippen LogP contribution in [0.2, 0.25) is 0 Å². The van der Waals surface area contributed by atoms with Crippen LogP contribution in [-0.4, -0.2) is 23.7 Å². The number of hydrazone groups is 1. The summed E-state index contributed by atoms with van der Waals surface area (Å²) in [5.74, 6) is 0.294. The van der Waals surface area contributed by atoms with Gasteiger partial charge >= 0.3 is 0 Å². The van der Waals surface area contributed by atoms with Crippen molar-refractivity contribution >= 4 is 17.8 Å². The van der Waals surface area contributed by atoms with Gasteiger partial charge in [0.2, 0.25) is 0 Å². The van der Waals surface area contributed by atoms with E-state index in [0.29, 0.717) is 11.3 Å². The lowest BCUT2D eigenvalue weighted by atomic mass is 10.1. The van der Waals surface area contributed by atoms with Gasteiger partial charge in [-0.05, 0) is 42.7 Å². The van der Waals surface area contributed by atoms with Crippen molar-refractivity contribution in [2.75, 3.05) is 6.61 Å². The lowest BCUT2D eigenvalue weighted by molar-refractivity contribution is -0.384. The zero-order valence-electron chi connectivity index (χ0n) is 13.4. The van der Waals surface area contributed by atoms with Crippen LogP contribution in [0.25, 0.3) is 0 Å². The second-order valence-electron chi connectivity index (χ2n) is 5.15. The molecular weight excluding hydrogens is 310 g/mol. The number of amides is 1. The largest absolute Gasteiger partial charge is 0.483 e. The second-order valence-corrected chi connectivity index (χ2v) is 5.15. The Morgan fingerprint density at radius 1 is 1.21 bits per heavy atom. The summed E-state index contributed by atoms with van der Waals surface area (Å²) >= 11 is 0. The first-order valence-corrected chi connectivity index (χ1v) is 7.23. The van der Waals surface area contributed by atoms with Crippen molar-refractivity contribution in [3.63, 3.8) is 0 Å². The molecule has 1 N–H and O–H groups in total.